The summed E-state index contributed by atoms with van der Waals surface area (Å²) in [5.41, 5.74) is -1.22. The van der Waals surface area contributed by atoms with E-state index in [0.29, 0.717) is 6.42 Å². The smallest absolute Gasteiger partial charge is 0.329 e. The van der Waals surface area contributed by atoms with Gasteiger partial charge in [0.25, 0.3) is 5.91 Å². The number of hydrogen-bond acceptors (Lipinski definition) is 3. The summed E-state index contributed by atoms with van der Waals surface area (Å²) in [4.78, 5) is 25.0. The van der Waals surface area contributed by atoms with E-state index in [9.17, 15) is 14.7 Å². The second-order valence-electron chi connectivity index (χ2n) is 6.05. The Morgan fingerprint density at radius 2 is 1.85 bits per heavy atom. The standard InChI is InChI=1S/C15H27NO4/c1-5-12(20-11-9-7-6-8-10-11)13(17)16(4)15(2,3)14(18)19/h11-12H,5-10H2,1-4H3,(H,18,19). The van der Waals surface area contributed by atoms with E-state index in [2.05, 4.69) is 0 Å². The molecule has 20 heavy (non-hydrogen) atoms. The zero-order chi connectivity index (χ0) is 15.3. The fourth-order valence-corrected chi connectivity index (χ4v) is 2.40. The van der Waals surface area contributed by atoms with Gasteiger partial charge in [-0.15, -0.1) is 0 Å². The lowest BCUT2D eigenvalue weighted by Gasteiger charge is -2.35. The second-order valence-corrected chi connectivity index (χ2v) is 6.05. The third-order valence-corrected chi connectivity index (χ3v) is 4.25. The summed E-state index contributed by atoms with van der Waals surface area (Å²) >= 11 is 0. The van der Waals surface area contributed by atoms with E-state index in [0.717, 1.165) is 25.7 Å². The van der Waals surface area contributed by atoms with Crippen molar-refractivity contribution in [2.24, 2.45) is 0 Å². The number of carboxylic acids is 1. The van der Waals surface area contributed by atoms with Gasteiger partial charge in [-0.2, -0.15) is 0 Å². The highest BCUT2D eigenvalue weighted by atomic mass is 16.5. The van der Waals surface area contributed by atoms with Crippen LogP contribution in [0.5, 0.6) is 0 Å². The Morgan fingerprint density at radius 1 is 1.30 bits per heavy atom. The topological polar surface area (TPSA) is 66.8 Å². The number of nitrogens with zero attached hydrogens (tertiary/aromatic N) is 1. The van der Waals surface area contributed by atoms with Gasteiger partial charge in [-0.25, -0.2) is 4.79 Å². The maximum absolute atomic E-state index is 12.4. The maximum atomic E-state index is 12.4. The Bertz CT molecular complexity index is 348. The van der Waals surface area contributed by atoms with Crippen LogP contribution >= 0.6 is 0 Å². The average molecular weight is 285 g/mol. The first kappa shape index (κ1) is 17.0. The predicted octanol–water partition coefficient (Wildman–Crippen LogP) is 2.44. The quantitative estimate of drug-likeness (QED) is 0.814. The first-order chi connectivity index (χ1) is 9.30. The first-order valence-electron chi connectivity index (χ1n) is 7.47. The fraction of sp³-hybridized carbons (Fsp3) is 0.867. The largest absolute Gasteiger partial charge is 0.480 e. The zero-order valence-electron chi connectivity index (χ0n) is 13.0. The highest BCUT2D eigenvalue weighted by Crippen LogP contribution is 2.24. The Labute approximate surface area is 121 Å². The molecule has 5 nitrogen and oxygen atoms in total. The molecule has 1 atom stereocenters. The average Bonchev–Trinajstić information content (AvgIpc) is 2.44. The van der Waals surface area contributed by atoms with E-state index in [-0.39, 0.29) is 12.0 Å². The van der Waals surface area contributed by atoms with Gasteiger partial charge in [0.1, 0.15) is 11.6 Å². The molecule has 116 valence electrons. The van der Waals surface area contributed by atoms with Crippen LogP contribution in [-0.2, 0) is 14.3 Å². The molecule has 1 amide bonds. The summed E-state index contributed by atoms with van der Waals surface area (Å²) in [6.07, 6.45) is 5.68. The molecule has 1 saturated carbocycles. The monoisotopic (exact) mass is 285 g/mol. The molecule has 0 radical (unpaired) electrons. The molecule has 0 aromatic carbocycles. The molecule has 1 rings (SSSR count). The minimum absolute atomic E-state index is 0.138. The Balaban J connectivity index is 2.68. The molecule has 1 aliphatic rings. The van der Waals surface area contributed by atoms with Crippen LogP contribution in [0.2, 0.25) is 0 Å². The number of likely N-dealkylation sites (N-methyl/N-ethyl adjacent to an activating group) is 1. The highest BCUT2D eigenvalue weighted by Gasteiger charge is 2.38. The van der Waals surface area contributed by atoms with Gasteiger partial charge in [0.15, 0.2) is 0 Å². The molecule has 0 saturated heterocycles. The van der Waals surface area contributed by atoms with Crippen LogP contribution in [-0.4, -0.2) is 46.7 Å². The number of amides is 1. The molecule has 1 unspecified atom stereocenters. The van der Waals surface area contributed by atoms with Crippen LogP contribution < -0.4 is 0 Å². The van der Waals surface area contributed by atoms with Crippen molar-refractivity contribution >= 4 is 11.9 Å². The minimum atomic E-state index is -1.22. The molecule has 1 fully saturated rings. The molecule has 0 heterocycles. The maximum Gasteiger partial charge on any atom is 0.329 e. The summed E-state index contributed by atoms with van der Waals surface area (Å²) in [5, 5.41) is 9.20. The van der Waals surface area contributed by atoms with Crippen molar-refractivity contribution in [2.45, 2.75) is 77.0 Å². The summed E-state index contributed by atoms with van der Waals surface area (Å²) in [7, 11) is 1.53. The molecule has 0 aromatic rings. The Hall–Kier alpha value is -1.10. The van der Waals surface area contributed by atoms with E-state index < -0.39 is 17.6 Å². The molecular formula is C15H27NO4. The first-order valence-corrected chi connectivity index (χ1v) is 7.47. The van der Waals surface area contributed by atoms with Gasteiger partial charge in [0, 0.05) is 7.05 Å². The van der Waals surface area contributed by atoms with Gasteiger partial charge < -0.3 is 14.7 Å². The van der Waals surface area contributed by atoms with Crippen LogP contribution in [0.1, 0.15) is 59.3 Å². The Kier molecular flexibility index (Phi) is 5.99. The van der Waals surface area contributed by atoms with Gasteiger partial charge >= 0.3 is 5.97 Å². The van der Waals surface area contributed by atoms with E-state index >= 15 is 0 Å². The summed E-state index contributed by atoms with van der Waals surface area (Å²) in [5.74, 6) is -1.26. The minimum Gasteiger partial charge on any atom is -0.480 e. The molecule has 0 aliphatic heterocycles. The van der Waals surface area contributed by atoms with E-state index in [1.54, 1.807) is 0 Å². The molecule has 1 N–H and O–H groups in total. The van der Waals surface area contributed by atoms with Crippen LogP contribution in [0.25, 0.3) is 0 Å². The summed E-state index contributed by atoms with van der Waals surface area (Å²) in [6.45, 7) is 4.95. The summed E-state index contributed by atoms with van der Waals surface area (Å²) < 4.78 is 5.91. The number of ether oxygens (including phenoxy) is 1. The third-order valence-electron chi connectivity index (χ3n) is 4.25. The van der Waals surface area contributed by atoms with Crippen molar-refractivity contribution in [1.29, 1.82) is 0 Å². The van der Waals surface area contributed by atoms with Crippen molar-refractivity contribution < 1.29 is 19.4 Å². The second kappa shape index (κ2) is 7.07. The fourth-order valence-electron chi connectivity index (χ4n) is 2.40. The number of carboxylic acid groups (broad SMARTS) is 1. The molecule has 0 aromatic heterocycles. The van der Waals surface area contributed by atoms with Gasteiger partial charge in [0.05, 0.1) is 6.10 Å². The number of rotatable bonds is 6. The molecule has 1 aliphatic carbocycles. The number of hydrogen-bond donors (Lipinski definition) is 1. The number of carbonyl (C=O) groups is 2. The van der Waals surface area contributed by atoms with Crippen molar-refractivity contribution in [3.05, 3.63) is 0 Å². The van der Waals surface area contributed by atoms with E-state index in [4.69, 9.17) is 4.74 Å². The van der Waals surface area contributed by atoms with Gasteiger partial charge in [-0.3, -0.25) is 4.79 Å². The molecule has 0 bridgehead atoms. The predicted molar refractivity (Wildman–Crippen MR) is 76.5 cm³/mol. The van der Waals surface area contributed by atoms with E-state index in [1.165, 1.54) is 32.2 Å². The lowest BCUT2D eigenvalue weighted by Crippen LogP contribution is -2.54. The van der Waals surface area contributed by atoms with Crippen molar-refractivity contribution in [3.63, 3.8) is 0 Å². The lowest BCUT2D eigenvalue weighted by molar-refractivity contribution is -0.163. The third kappa shape index (κ3) is 3.95. The van der Waals surface area contributed by atoms with Crippen molar-refractivity contribution in [3.8, 4) is 0 Å². The van der Waals surface area contributed by atoms with Crippen LogP contribution in [0.3, 0.4) is 0 Å². The SMILES string of the molecule is CCC(OC1CCCCC1)C(=O)N(C)C(C)(C)C(=O)O. The van der Waals surface area contributed by atoms with Crippen molar-refractivity contribution in [1.82, 2.24) is 4.90 Å². The number of carbonyl (C=O) groups excluding carboxylic acids is 1. The van der Waals surface area contributed by atoms with E-state index in [1.807, 2.05) is 6.92 Å². The molecule has 0 spiro atoms. The highest BCUT2D eigenvalue weighted by molar-refractivity contribution is 5.88. The normalized spacial score (nSPS) is 18.6. The molecular weight excluding hydrogens is 258 g/mol. The van der Waals surface area contributed by atoms with Crippen LogP contribution in [0.15, 0.2) is 0 Å². The van der Waals surface area contributed by atoms with Crippen LogP contribution in [0, 0.1) is 0 Å². The summed E-state index contributed by atoms with van der Waals surface area (Å²) in [6, 6.07) is 0. The number of aliphatic carboxylic acids is 1. The Morgan fingerprint density at radius 3 is 2.30 bits per heavy atom. The lowest BCUT2D eigenvalue weighted by atomic mass is 9.97. The zero-order valence-corrected chi connectivity index (χ0v) is 13.0. The van der Waals surface area contributed by atoms with Gasteiger partial charge in [0.2, 0.25) is 0 Å². The molecule has 5 heteroatoms. The van der Waals surface area contributed by atoms with Crippen LogP contribution in [0.4, 0.5) is 0 Å². The van der Waals surface area contributed by atoms with Gasteiger partial charge in [-0.05, 0) is 33.1 Å². The van der Waals surface area contributed by atoms with Crippen molar-refractivity contribution in [2.75, 3.05) is 7.05 Å². The van der Waals surface area contributed by atoms with Gasteiger partial charge in [-0.1, -0.05) is 26.2 Å².